The van der Waals surface area contributed by atoms with Crippen LogP contribution in [0.15, 0.2) is 0 Å². The van der Waals surface area contributed by atoms with E-state index in [4.69, 9.17) is 7.58 Å². The molecule has 2 rings (SSSR count). The van der Waals surface area contributed by atoms with Crippen LogP contribution in [0.25, 0.3) is 0 Å². The predicted molar refractivity (Wildman–Crippen MR) is 58.8 cm³/mol. The molecular weight excluding hydrogens is 194 g/mol. The van der Waals surface area contributed by atoms with E-state index < -0.39 is 14.5 Å². The number of hydrogen-bond acceptors (Lipinski definition) is 2. The summed E-state index contributed by atoms with van der Waals surface area (Å²) in [6, 6.07) is 0. The molecule has 0 saturated carbocycles. The molecule has 2 aliphatic heterocycles. The highest BCUT2D eigenvalue weighted by molar-refractivity contribution is 6.50. The van der Waals surface area contributed by atoms with E-state index in [2.05, 4.69) is 5.79 Å². The normalized spacial score (nSPS) is 22.7. The molecule has 0 aromatic rings. The van der Waals surface area contributed by atoms with Gasteiger partial charge in [0, 0.05) is 13.2 Å². The maximum absolute atomic E-state index is 5.42. The van der Waals surface area contributed by atoms with Crippen LogP contribution in [0.5, 0.6) is 0 Å². The molecule has 0 N–H and O–H groups in total. The van der Waals surface area contributed by atoms with Gasteiger partial charge in [-0.15, -0.1) is 0 Å². The first-order valence-corrected chi connectivity index (χ1v) is 9.61. The van der Waals surface area contributed by atoms with E-state index in [1.54, 1.807) is 0 Å². The molecule has 2 saturated heterocycles. The van der Waals surface area contributed by atoms with Gasteiger partial charge in [-0.25, -0.2) is 0 Å². The Kier molecular flexibility index (Phi) is 7.70. The summed E-state index contributed by atoms with van der Waals surface area (Å²) in [6.45, 7) is 2.11. The van der Waals surface area contributed by atoms with Gasteiger partial charge in [-0.1, -0.05) is 29.2 Å². The van der Waals surface area contributed by atoms with E-state index in [1.807, 2.05) is 0 Å². The molecule has 0 spiro atoms. The Hall–Kier alpha value is 0.985. The fraction of sp³-hybridized carbons (Fsp3) is 1.00. The Labute approximate surface area is 92.8 Å². The highest BCUT2D eigenvalue weighted by Gasteiger charge is 2.15. The summed E-state index contributed by atoms with van der Waals surface area (Å²) in [5.41, 5.74) is 0. The molecular formula is C9H20Al2O2. The van der Waals surface area contributed by atoms with Crippen molar-refractivity contribution in [3.63, 3.8) is 0 Å². The van der Waals surface area contributed by atoms with Gasteiger partial charge in [-0.3, -0.25) is 0 Å². The van der Waals surface area contributed by atoms with Crippen LogP contribution < -0.4 is 0 Å². The predicted octanol–water partition coefficient (Wildman–Crippen LogP) is 1.98. The highest BCUT2D eigenvalue weighted by Crippen LogP contribution is 2.09. The van der Waals surface area contributed by atoms with Crippen LogP contribution in [0.4, 0.5) is 0 Å². The molecule has 2 nitrogen and oxygen atoms in total. The Morgan fingerprint density at radius 1 is 1.08 bits per heavy atom. The first kappa shape index (κ1) is 12.1. The van der Waals surface area contributed by atoms with Crippen molar-refractivity contribution in [3.05, 3.63) is 0 Å². The van der Waals surface area contributed by atoms with Gasteiger partial charge in [0.25, 0.3) is 0 Å². The molecule has 2 fully saturated rings. The third-order valence-electron chi connectivity index (χ3n) is 2.48. The smallest absolute Gasteiger partial charge is 0.457 e. The molecule has 0 unspecified atom stereocenters. The van der Waals surface area contributed by atoms with Crippen LogP contribution in [0, 0.1) is 0 Å². The first-order valence-electron chi connectivity index (χ1n) is 5.59. The lowest BCUT2D eigenvalue weighted by molar-refractivity contribution is 0.291. The standard InChI is InChI=1S/2C4H8O.CH3.2Al.H/c2*1-2-3-4-5;;;;/h2*1-4H2;1H3;;;/q2*-1;;2*+1;. The summed E-state index contributed by atoms with van der Waals surface area (Å²) < 4.78 is 10.6. The van der Waals surface area contributed by atoms with Gasteiger partial charge in [0.2, 0.25) is 0 Å². The molecule has 0 aromatic heterocycles. The van der Waals surface area contributed by atoms with Crippen molar-refractivity contribution in [2.24, 2.45) is 0 Å². The number of hydrogen-bond donors (Lipinski definition) is 0. The van der Waals surface area contributed by atoms with Crippen LogP contribution in [0.2, 0.25) is 16.4 Å². The van der Waals surface area contributed by atoms with Crippen LogP contribution in [0.1, 0.15) is 25.7 Å². The minimum absolute atomic E-state index is 0.00849. The lowest BCUT2D eigenvalue weighted by atomic mass is 10.4. The van der Waals surface area contributed by atoms with Crippen molar-refractivity contribution in [1.82, 2.24) is 0 Å². The molecule has 0 atom stereocenters. The zero-order chi connectivity index (χ0) is 9.36. The molecule has 0 bridgehead atoms. The SMILES string of the molecule is C1C[CH2][AlH][O]C1.[CH3][Al]1[CH2]CCC[O]1. The molecule has 0 aromatic carbocycles. The van der Waals surface area contributed by atoms with Gasteiger partial charge in [-0.05, 0) is 12.8 Å². The Morgan fingerprint density at radius 2 is 1.92 bits per heavy atom. The third kappa shape index (κ3) is 6.98. The van der Waals surface area contributed by atoms with Crippen molar-refractivity contribution in [2.75, 3.05) is 13.2 Å². The van der Waals surface area contributed by atoms with Crippen molar-refractivity contribution in [3.8, 4) is 0 Å². The highest BCUT2D eigenvalue weighted by atomic mass is 27.2. The van der Waals surface area contributed by atoms with Crippen molar-refractivity contribution in [2.45, 2.75) is 42.0 Å². The Bertz CT molecular complexity index is 101. The Morgan fingerprint density at radius 3 is 2.15 bits per heavy atom. The minimum Gasteiger partial charge on any atom is -0.503 e. The van der Waals surface area contributed by atoms with Crippen LogP contribution in [0.3, 0.4) is 0 Å². The van der Waals surface area contributed by atoms with Crippen LogP contribution in [-0.4, -0.2) is 43.2 Å². The lowest BCUT2D eigenvalue weighted by Gasteiger charge is -2.13. The fourth-order valence-electron chi connectivity index (χ4n) is 1.59. The van der Waals surface area contributed by atoms with Crippen LogP contribution >= 0.6 is 0 Å². The lowest BCUT2D eigenvalue weighted by Crippen LogP contribution is -2.18. The van der Waals surface area contributed by atoms with Gasteiger partial charge in [0.05, 0.1) is 0 Å². The summed E-state index contributed by atoms with van der Waals surface area (Å²) in [5.74, 6) is 2.28. The summed E-state index contributed by atoms with van der Waals surface area (Å²) in [6.07, 6.45) is 5.48. The van der Waals surface area contributed by atoms with E-state index >= 15 is 0 Å². The average Bonchev–Trinajstić information content (AvgIpc) is 2.22. The second-order valence-corrected chi connectivity index (χ2v) is 7.91. The van der Waals surface area contributed by atoms with Crippen molar-refractivity contribution < 1.29 is 7.58 Å². The maximum atomic E-state index is 5.42. The molecule has 13 heavy (non-hydrogen) atoms. The monoisotopic (exact) mass is 214 g/mol. The van der Waals surface area contributed by atoms with E-state index in [-0.39, 0.29) is 15.6 Å². The second-order valence-electron chi connectivity index (χ2n) is 3.85. The molecule has 0 amide bonds. The van der Waals surface area contributed by atoms with Gasteiger partial charge in [0.15, 0.2) is 0 Å². The average molecular weight is 214 g/mol. The molecule has 74 valence electrons. The molecule has 0 radical (unpaired) electrons. The molecule has 2 heterocycles. The summed E-state index contributed by atoms with van der Waals surface area (Å²) in [5, 5.41) is 2.82. The largest absolute Gasteiger partial charge is 0.503 e. The van der Waals surface area contributed by atoms with Gasteiger partial charge < -0.3 is 7.58 Å². The molecule has 2 aliphatic rings. The quantitative estimate of drug-likeness (QED) is 0.574. The van der Waals surface area contributed by atoms with Crippen LogP contribution in [-0.2, 0) is 7.58 Å². The zero-order valence-corrected chi connectivity index (χ0v) is 11.3. The third-order valence-corrected chi connectivity index (χ3v) is 5.88. The van der Waals surface area contributed by atoms with Crippen molar-refractivity contribution in [1.29, 1.82) is 0 Å². The maximum Gasteiger partial charge on any atom is 0.457 e. The molecule has 0 aliphatic carbocycles. The van der Waals surface area contributed by atoms with E-state index in [0.717, 1.165) is 13.2 Å². The fourth-order valence-corrected chi connectivity index (χ4v) is 4.36. The van der Waals surface area contributed by atoms with Gasteiger partial charge in [-0.2, -0.15) is 0 Å². The summed E-state index contributed by atoms with van der Waals surface area (Å²) in [7, 11) is 0. The Balaban J connectivity index is 0.000000132. The minimum atomic E-state index is -0.595. The zero-order valence-electron chi connectivity index (χ0n) is 8.76. The molecule has 4 heteroatoms. The summed E-state index contributed by atoms with van der Waals surface area (Å²) in [4.78, 5) is 0. The van der Waals surface area contributed by atoms with E-state index in [1.165, 1.54) is 36.2 Å². The van der Waals surface area contributed by atoms with E-state index in [0.29, 0.717) is 0 Å². The van der Waals surface area contributed by atoms with Gasteiger partial charge >= 0.3 is 30.0 Å². The van der Waals surface area contributed by atoms with E-state index in [9.17, 15) is 0 Å². The topological polar surface area (TPSA) is 18.5 Å². The van der Waals surface area contributed by atoms with Gasteiger partial charge in [0.1, 0.15) is 0 Å². The van der Waals surface area contributed by atoms with Crippen molar-refractivity contribution >= 4 is 30.0 Å². The second kappa shape index (κ2) is 8.31. The number of rotatable bonds is 0. The first-order chi connectivity index (χ1) is 6.39. The summed E-state index contributed by atoms with van der Waals surface area (Å²) >= 11 is -0.586.